The van der Waals surface area contributed by atoms with Crippen LogP contribution in [-0.4, -0.2) is 40.9 Å². The Hall–Kier alpha value is -3.55. The molecule has 0 aliphatic carbocycles. The van der Waals surface area contributed by atoms with Crippen molar-refractivity contribution in [1.82, 2.24) is 14.8 Å². The van der Waals surface area contributed by atoms with Crippen molar-refractivity contribution in [3.63, 3.8) is 0 Å². The van der Waals surface area contributed by atoms with E-state index in [0.717, 1.165) is 11.3 Å². The Balaban J connectivity index is 1.80. The number of rotatable bonds is 5. The van der Waals surface area contributed by atoms with Crippen molar-refractivity contribution < 1.29 is 14.3 Å². The summed E-state index contributed by atoms with van der Waals surface area (Å²) >= 11 is 0. The molecule has 0 spiro atoms. The summed E-state index contributed by atoms with van der Waals surface area (Å²) in [5.41, 5.74) is 1.55. The largest absolute Gasteiger partial charge is 0.497 e. The Morgan fingerprint density at radius 1 is 1.14 bits per heavy atom. The fraction of sp³-hybridized carbons (Fsp3) is 0.286. The van der Waals surface area contributed by atoms with Gasteiger partial charge in [0.15, 0.2) is 0 Å². The van der Waals surface area contributed by atoms with Crippen LogP contribution in [0.3, 0.4) is 0 Å². The summed E-state index contributed by atoms with van der Waals surface area (Å²) in [5, 5.41) is 10.7. The highest BCUT2D eigenvalue weighted by Crippen LogP contribution is 2.41. The monoisotopic (exact) mass is 393 g/mol. The van der Waals surface area contributed by atoms with Crippen LogP contribution in [0.25, 0.3) is 0 Å². The molecule has 1 aliphatic rings. The van der Waals surface area contributed by atoms with Crippen molar-refractivity contribution in [2.45, 2.75) is 19.0 Å². The van der Waals surface area contributed by atoms with Gasteiger partial charge in [0, 0.05) is 17.3 Å². The summed E-state index contributed by atoms with van der Waals surface area (Å²) in [7, 11) is 3.22. The van der Waals surface area contributed by atoms with Crippen LogP contribution in [0.5, 0.6) is 11.5 Å². The number of methoxy groups -OCH3 is 2. The van der Waals surface area contributed by atoms with Crippen LogP contribution in [0, 0.1) is 5.92 Å². The molecule has 0 radical (unpaired) electrons. The number of hydrogen-bond acceptors (Lipinski definition) is 6. The highest BCUT2D eigenvalue weighted by atomic mass is 16.5. The molecule has 4 rings (SSSR count). The van der Waals surface area contributed by atoms with Crippen molar-refractivity contribution in [2.75, 3.05) is 24.9 Å². The highest BCUT2D eigenvalue weighted by molar-refractivity contribution is 5.94. The molecule has 3 aromatic rings. The van der Waals surface area contributed by atoms with Crippen molar-refractivity contribution in [1.29, 1.82) is 0 Å². The van der Waals surface area contributed by atoms with Crippen molar-refractivity contribution >= 4 is 17.5 Å². The first kappa shape index (κ1) is 18.8. The van der Waals surface area contributed by atoms with Gasteiger partial charge in [-0.3, -0.25) is 4.79 Å². The third-order valence-electron chi connectivity index (χ3n) is 5.17. The van der Waals surface area contributed by atoms with Gasteiger partial charge in [-0.1, -0.05) is 18.2 Å². The van der Waals surface area contributed by atoms with E-state index in [0.29, 0.717) is 17.4 Å². The van der Waals surface area contributed by atoms with Crippen LogP contribution >= 0.6 is 0 Å². The highest BCUT2D eigenvalue weighted by Gasteiger charge is 2.42. The van der Waals surface area contributed by atoms with Gasteiger partial charge in [0.2, 0.25) is 11.9 Å². The fourth-order valence-corrected chi connectivity index (χ4v) is 3.79. The maximum atomic E-state index is 13.4. The van der Waals surface area contributed by atoms with Crippen molar-refractivity contribution in [2.24, 2.45) is 5.92 Å². The smallest absolute Gasteiger partial charge is 0.232 e. The lowest BCUT2D eigenvalue weighted by Gasteiger charge is -2.37. The number of nitrogens with zero attached hydrogens (tertiary/aromatic N) is 3. The number of benzene rings is 2. The number of nitrogens with one attached hydrogen (secondary N) is 2. The summed E-state index contributed by atoms with van der Waals surface area (Å²) in [5.74, 6) is 1.36. The number of para-hydroxylation sites is 1. The third kappa shape index (κ3) is 3.49. The van der Waals surface area contributed by atoms with Gasteiger partial charge in [0.05, 0.1) is 26.2 Å². The van der Waals surface area contributed by atoms with E-state index in [4.69, 9.17) is 9.47 Å². The zero-order valence-corrected chi connectivity index (χ0v) is 16.5. The van der Waals surface area contributed by atoms with E-state index in [1.807, 2.05) is 55.5 Å². The maximum Gasteiger partial charge on any atom is 0.232 e. The van der Waals surface area contributed by atoms with Gasteiger partial charge >= 0.3 is 0 Å². The predicted molar refractivity (Wildman–Crippen MR) is 109 cm³/mol. The number of anilines is 2. The molecule has 8 nitrogen and oxygen atoms in total. The number of amides is 1. The van der Waals surface area contributed by atoms with E-state index in [-0.39, 0.29) is 11.9 Å². The van der Waals surface area contributed by atoms with Gasteiger partial charge in [-0.25, -0.2) is 4.68 Å². The van der Waals surface area contributed by atoms with Gasteiger partial charge in [-0.15, -0.1) is 0 Å². The summed E-state index contributed by atoms with van der Waals surface area (Å²) in [6.07, 6.45) is 1.48. The number of carbonyl (C=O) groups excluding carboxylic acids is 1. The zero-order chi connectivity index (χ0) is 20.4. The molecule has 1 aromatic heterocycles. The Morgan fingerprint density at radius 2 is 1.93 bits per heavy atom. The summed E-state index contributed by atoms with van der Waals surface area (Å²) < 4.78 is 12.7. The zero-order valence-electron chi connectivity index (χ0n) is 16.5. The first-order valence-corrected chi connectivity index (χ1v) is 9.36. The fourth-order valence-electron chi connectivity index (χ4n) is 3.79. The van der Waals surface area contributed by atoms with Crippen LogP contribution in [0.15, 0.2) is 54.9 Å². The molecule has 3 atom stereocenters. The van der Waals surface area contributed by atoms with Gasteiger partial charge in [0.25, 0.3) is 0 Å². The molecular formula is C21H23N5O3. The molecule has 0 saturated carbocycles. The van der Waals surface area contributed by atoms with Crippen LogP contribution < -0.4 is 20.1 Å². The third-order valence-corrected chi connectivity index (χ3v) is 5.17. The van der Waals surface area contributed by atoms with Crippen LogP contribution in [-0.2, 0) is 4.79 Å². The van der Waals surface area contributed by atoms with Gasteiger partial charge in [-0.2, -0.15) is 10.1 Å². The molecular weight excluding hydrogens is 370 g/mol. The second kappa shape index (κ2) is 7.83. The molecule has 2 heterocycles. The van der Waals surface area contributed by atoms with E-state index in [1.54, 1.807) is 18.9 Å². The molecule has 8 heteroatoms. The molecule has 2 N–H and O–H groups in total. The van der Waals surface area contributed by atoms with Gasteiger partial charge in [0.1, 0.15) is 17.8 Å². The topological polar surface area (TPSA) is 90.3 Å². The quantitative estimate of drug-likeness (QED) is 0.693. The van der Waals surface area contributed by atoms with E-state index >= 15 is 0 Å². The maximum absolute atomic E-state index is 13.4. The van der Waals surface area contributed by atoms with Crippen LogP contribution in [0.1, 0.15) is 18.5 Å². The lowest BCUT2D eigenvalue weighted by molar-refractivity contribution is -0.121. The second-order valence-corrected chi connectivity index (χ2v) is 6.90. The second-order valence-electron chi connectivity index (χ2n) is 6.90. The average Bonchev–Trinajstić information content (AvgIpc) is 3.20. The van der Waals surface area contributed by atoms with E-state index in [9.17, 15) is 4.79 Å². The lowest BCUT2D eigenvalue weighted by Crippen LogP contribution is -2.46. The Kier molecular flexibility index (Phi) is 5.07. The summed E-state index contributed by atoms with van der Waals surface area (Å²) in [4.78, 5) is 17.7. The number of hydrogen-bond donors (Lipinski definition) is 2. The number of fused-ring (bicyclic) bond motifs is 1. The summed E-state index contributed by atoms with van der Waals surface area (Å²) in [6, 6.07) is 14.3. The molecule has 29 heavy (non-hydrogen) atoms. The van der Waals surface area contributed by atoms with Crippen molar-refractivity contribution in [3.05, 3.63) is 60.4 Å². The minimum atomic E-state index is -0.467. The lowest BCUT2D eigenvalue weighted by atomic mass is 9.85. The molecule has 0 bridgehead atoms. The first-order chi connectivity index (χ1) is 14.1. The van der Waals surface area contributed by atoms with Crippen molar-refractivity contribution in [3.8, 4) is 11.5 Å². The minimum absolute atomic E-state index is 0.118. The minimum Gasteiger partial charge on any atom is -0.497 e. The number of aromatic nitrogens is 3. The van der Waals surface area contributed by atoms with E-state index in [1.165, 1.54) is 6.33 Å². The molecule has 1 aliphatic heterocycles. The molecule has 1 amide bonds. The average molecular weight is 393 g/mol. The van der Waals surface area contributed by atoms with E-state index in [2.05, 4.69) is 20.7 Å². The number of carbonyl (C=O) groups is 1. The normalized spacial score (nSPS) is 20.3. The van der Waals surface area contributed by atoms with E-state index < -0.39 is 12.0 Å². The van der Waals surface area contributed by atoms with Gasteiger partial charge in [-0.05, 0) is 37.3 Å². The summed E-state index contributed by atoms with van der Waals surface area (Å²) in [6.45, 7) is 1.97. The number of ether oxygens (including phenoxy) is 2. The Morgan fingerprint density at radius 3 is 2.66 bits per heavy atom. The SMILES string of the molecule is COc1ccc(OC)c([C@H]2[C@@H](C(=O)Nc3ccccc3)[C@H](C)Nc3ncnn32)c1. The molecule has 0 unspecified atom stereocenters. The molecule has 150 valence electrons. The van der Waals surface area contributed by atoms with Gasteiger partial charge < -0.3 is 20.1 Å². The Labute approximate surface area is 168 Å². The van der Waals surface area contributed by atoms with Crippen LogP contribution in [0.2, 0.25) is 0 Å². The molecule has 0 saturated heterocycles. The molecule has 2 aromatic carbocycles. The Bertz CT molecular complexity index is 1000. The standard InChI is InChI=1S/C21H23N5O3/c1-13-18(20(27)25-14-7-5-4-6-8-14)19(26-21(24-13)22-12-23-26)16-11-15(28-2)9-10-17(16)29-3/h4-13,18-19H,1-3H3,(H,25,27)(H,22,23,24)/t13-,18-,19-/m0/s1. The molecule has 0 fully saturated rings. The van der Waals surface area contributed by atoms with Crippen LogP contribution in [0.4, 0.5) is 11.6 Å². The predicted octanol–water partition coefficient (Wildman–Crippen LogP) is 2.95. The first-order valence-electron chi connectivity index (χ1n) is 9.36.